The summed E-state index contributed by atoms with van der Waals surface area (Å²) in [5.41, 5.74) is 3.84. The predicted molar refractivity (Wildman–Crippen MR) is 220 cm³/mol. The Morgan fingerprint density at radius 2 is 0.700 bits per heavy atom. The second-order valence-corrected chi connectivity index (χ2v) is 18.8. The van der Waals surface area contributed by atoms with Gasteiger partial charge in [-0.2, -0.15) is 4.21 Å². The topological polar surface area (TPSA) is 46.5 Å². The van der Waals surface area contributed by atoms with E-state index in [-0.39, 0.29) is 0 Å². The van der Waals surface area contributed by atoms with Crippen LogP contribution < -0.4 is 15.6 Å². The van der Waals surface area contributed by atoms with Crippen LogP contribution in [-0.2, 0) is 28.0 Å². The van der Waals surface area contributed by atoms with Gasteiger partial charge in [-0.05, 0) is 70.8 Å². The number of aryl methyl sites for hydroxylation is 3. The molecule has 3 aromatic rings. The van der Waals surface area contributed by atoms with Crippen LogP contribution in [0.1, 0.15) is 172 Å². The Morgan fingerprint density at radius 3 is 0.980 bits per heavy atom. The Bertz CT molecular complexity index is 1190. The van der Waals surface area contributed by atoms with Gasteiger partial charge >= 0.3 is 16.6 Å². The van der Waals surface area contributed by atoms with Gasteiger partial charge in [0.05, 0.1) is 0 Å². The molecule has 276 valence electrons. The number of benzene rings is 3. The molecule has 0 aliphatic heterocycles. The second-order valence-electron chi connectivity index (χ2n) is 14.6. The Kier molecular flexibility index (Phi) is 21.8. The van der Waals surface area contributed by atoms with E-state index in [9.17, 15) is 9.46 Å². The van der Waals surface area contributed by atoms with Gasteiger partial charge in [0.15, 0.2) is 0 Å². The first-order chi connectivity index (χ1) is 24.6. The van der Waals surface area contributed by atoms with Crippen molar-refractivity contribution in [3.8, 4) is 0 Å². The van der Waals surface area contributed by atoms with E-state index >= 15 is 0 Å². The summed E-state index contributed by atoms with van der Waals surface area (Å²) in [6.45, 7) is 6.82. The number of unbranched alkanes of at least 4 members (excludes halogenated alkanes) is 18. The first-order valence-corrected chi connectivity index (χ1v) is 23.7. The summed E-state index contributed by atoms with van der Waals surface area (Å²) in [6.07, 6.45) is 29.4. The van der Waals surface area contributed by atoms with Gasteiger partial charge in [0.1, 0.15) is 0 Å². The number of hydrogen-bond donors (Lipinski definition) is 1. The highest BCUT2D eigenvalue weighted by molar-refractivity contribution is 7.37. The molecule has 0 bridgehead atoms. The van der Waals surface area contributed by atoms with Gasteiger partial charge in [0.25, 0.3) is 0 Å². The van der Waals surface area contributed by atoms with E-state index in [2.05, 4.69) is 93.6 Å². The van der Waals surface area contributed by atoms with E-state index < -0.39 is 16.6 Å². The molecule has 0 amide bonds. The quantitative estimate of drug-likeness (QED) is 0.0336. The lowest BCUT2D eigenvalue weighted by Gasteiger charge is -2.32. The molecule has 3 rings (SSSR count). The molecular formula is C45H70O3PSi+. The first-order valence-electron chi connectivity index (χ1n) is 20.7. The lowest BCUT2D eigenvalue weighted by atomic mass is 10.0. The molecule has 5 heteroatoms. The van der Waals surface area contributed by atoms with Gasteiger partial charge in [-0.25, -0.2) is 0 Å². The maximum atomic E-state index is 13.2. The van der Waals surface area contributed by atoms with Crippen molar-refractivity contribution in [3.05, 3.63) is 89.5 Å². The number of hydrogen-bond acceptors (Lipinski definition) is 2. The molecule has 0 heterocycles. The lowest BCUT2D eigenvalue weighted by Crippen LogP contribution is -2.70. The van der Waals surface area contributed by atoms with Crippen LogP contribution in [0.4, 0.5) is 0 Å². The zero-order valence-electron chi connectivity index (χ0n) is 32.1. The molecule has 1 unspecified atom stereocenters. The van der Waals surface area contributed by atoms with Crippen molar-refractivity contribution < 1.29 is 13.7 Å². The van der Waals surface area contributed by atoms with Crippen LogP contribution in [0.2, 0.25) is 0 Å². The summed E-state index contributed by atoms with van der Waals surface area (Å²) in [6, 6.07) is 26.3. The second kappa shape index (κ2) is 25.8. The molecule has 1 N–H and O–H groups in total. The Hall–Kier alpha value is -2.10. The summed E-state index contributed by atoms with van der Waals surface area (Å²) in [7, 11) is -6.27. The van der Waals surface area contributed by atoms with E-state index in [0.717, 1.165) is 54.1 Å². The molecule has 3 aromatic carbocycles. The molecule has 0 fully saturated rings. The molecule has 0 radical (unpaired) electrons. The summed E-state index contributed by atoms with van der Waals surface area (Å²) < 4.78 is 19.9. The van der Waals surface area contributed by atoms with E-state index in [1.165, 1.54) is 132 Å². The Labute approximate surface area is 309 Å². The third-order valence-corrected chi connectivity index (χ3v) is 16.0. The van der Waals surface area contributed by atoms with Gasteiger partial charge in [-0.15, -0.1) is 4.89 Å². The van der Waals surface area contributed by atoms with Crippen LogP contribution >= 0.6 is 8.25 Å². The highest BCUT2D eigenvalue weighted by Gasteiger charge is 2.53. The van der Waals surface area contributed by atoms with Gasteiger partial charge < -0.3 is 0 Å². The van der Waals surface area contributed by atoms with Crippen molar-refractivity contribution in [3.63, 3.8) is 0 Å². The normalized spacial score (nSPS) is 12.0. The minimum absolute atomic E-state index is 0.962. The molecule has 0 saturated heterocycles. The van der Waals surface area contributed by atoms with Crippen LogP contribution in [0.15, 0.2) is 72.8 Å². The van der Waals surface area contributed by atoms with E-state index in [1.807, 2.05) is 0 Å². The molecule has 0 saturated carbocycles. The van der Waals surface area contributed by atoms with Crippen LogP contribution in [0.5, 0.6) is 0 Å². The molecular weight excluding hydrogens is 648 g/mol. The van der Waals surface area contributed by atoms with E-state index in [0.29, 0.717) is 0 Å². The highest BCUT2D eigenvalue weighted by Crippen LogP contribution is 2.28. The van der Waals surface area contributed by atoms with Gasteiger partial charge in [0, 0.05) is 4.57 Å². The molecule has 1 atom stereocenters. The molecule has 50 heavy (non-hydrogen) atoms. The van der Waals surface area contributed by atoms with Gasteiger partial charge in [-0.1, -0.05) is 209 Å². The van der Waals surface area contributed by atoms with Crippen molar-refractivity contribution in [1.82, 2.24) is 0 Å². The maximum Gasteiger partial charge on any atom is 0.683 e. The minimum Gasteiger partial charge on any atom is -0.158 e. The van der Waals surface area contributed by atoms with Crippen LogP contribution in [-0.4, -0.2) is 13.2 Å². The first kappa shape index (κ1) is 42.3. The van der Waals surface area contributed by atoms with Crippen molar-refractivity contribution in [2.75, 3.05) is 0 Å². The van der Waals surface area contributed by atoms with Gasteiger partial charge in [-0.3, -0.25) is 0 Å². The molecule has 3 nitrogen and oxygen atoms in total. The third-order valence-electron chi connectivity index (χ3n) is 10.6. The molecule has 0 aliphatic carbocycles. The lowest BCUT2D eigenvalue weighted by molar-refractivity contribution is 0.414. The van der Waals surface area contributed by atoms with Crippen LogP contribution in [0.25, 0.3) is 0 Å². The largest absolute Gasteiger partial charge is 0.683 e. The molecule has 0 spiro atoms. The SMILES string of the molecule is CCCCCCCCCc1ccccc1[Si](O[P+](=O)O)(c1ccccc1CCCCCCCCC)c1ccccc1CCCCCCCCC. The maximum absolute atomic E-state index is 13.2. The highest BCUT2D eigenvalue weighted by atomic mass is 31.1. The zero-order chi connectivity index (χ0) is 35.7. The predicted octanol–water partition coefficient (Wildman–Crippen LogP) is 12.2. The average molecular weight is 718 g/mol. The zero-order valence-corrected chi connectivity index (χ0v) is 34.0. The van der Waals surface area contributed by atoms with Crippen molar-refractivity contribution in [2.24, 2.45) is 0 Å². The Morgan fingerprint density at radius 1 is 0.440 bits per heavy atom. The van der Waals surface area contributed by atoms with Crippen molar-refractivity contribution >= 4 is 32.1 Å². The Balaban J connectivity index is 2.05. The fraction of sp³-hybridized carbons (Fsp3) is 0.600. The fourth-order valence-corrected chi connectivity index (χ4v) is 13.7. The summed E-state index contributed by atoms with van der Waals surface area (Å²) in [4.78, 5) is 10.8. The van der Waals surface area contributed by atoms with Crippen molar-refractivity contribution in [2.45, 2.75) is 175 Å². The standard InChI is InChI=1S/C45H69O3PSi/c1-4-7-10-13-16-19-22-31-40-34-25-28-37-43(40)50(48-49(46)47,44-38-29-26-35-41(44)32-23-20-17-14-11-8-5-2)45-39-30-27-36-42(45)33-24-21-18-15-12-9-6-3/h25-30,34-39H,4-24,31-33H2,1-3H3/p+1. The molecule has 0 aromatic heterocycles. The van der Waals surface area contributed by atoms with Crippen LogP contribution in [0.3, 0.4) is 0 Å². The monoisotopic (exact) mass is 717 g/mol. The minimum atomic E-state index is -3.41. The van der Waals surface area contributed by atoms with Gasteiger partial charge in [0.2, 0.25) is 0 Å². The number of rotatable bonds is 29. The smallest absolute Gasteiger partial charge is 0.158 e. The molecule has 0 aliphatic rings. The van der Waals surface area contributed by atoms with Crippen molar-refractivity contribution in [1.29, 1.82) is 0 Å². The van der Waals surface area contributed by atoms with E-state index in [1.54, 1.807) is 0 Å². The third kappa shape index (κ3) is 14.1. The van der Waals surface area contributed by atoms with E-state index in [4.69, 9.17) is 4.21 Å². The summed E-state index contributed by atoms with van der Waals surface area (Å²) in [5, 5.41) is 3.47. The summed E-state index contributed by atoms with van der Waals surface area (Å²) in [5.74, 6) is 0. The average Bonchev–Trinajstić information content (AvgIpc) is 3.13. The van der Waals surface area contributed by atoms with Crippen LogP contribution in [0, 0.1) is 0 Å². The summed E-state index contributed by atoms with van der Waals surface area (Å²) >= 11 is 0. The fourth-order valence-electron chi connectivity index (χ4n) is 7.76.